The number of aromatic nitrogens is 1. The van der Waals surface area contributed by atoms with E-state index in [0.717, 1.165) is 5.56 Å². The Bertz CT molecular complexity index is 725. The smallest absolute Gasteiger partial charge is 0.362 e. The Morgan fingerprint density at radius 3 is 2.48 bits per heavy atom. The lowest BCUT2D eigenvalue weighted by molar-refractivity contribution is 0.0725. The van der Waals surface area contributed by atoms with Crippen LogP contribution in [0.2, 0.25) is 0 Å². The Balaban J connectivity index is 1.89. The lowest BCUT2D eigenvalue weighted by Gasteiger charge is -2.27. The number of hydrogen-bond donors (Lipinski definition) is 0. The van der Waals surface area contributed by atoms with Gasteiger partial charge < -0.3 is 4.74 Å². The predicted octanol–water partition coefficient (Wildman–Crippen LogP) is 5.65. The molecule has 0 N–H and O–H groups in total. The van der Waals surface area contributed by atoms with E-state index < -0.39 is 5.97 Å². The Morgan fingerprint density at radius 1 is 1.08 bits per heavy atom. The number of benzene rings is 1. The molecule has 0 amide bonds. The predicted molar refractivity (Wildman–Crippen MR) is 100 cm³/mol. The van der Waals surface area contributed by atoms with Crippen molar-refractivity contribution in [1.29, 1.82) is 0 Å². The molecule has 1 aliphatic rings. The van der Waals surface area contributed by atoms with Gasteiger partial charge in [0.25, 0.3) is 0 Å². The molecule has 3 heteroatoms. The van der Waals surface area contributed by atoms with Crippen LogP contribution in [0, 0.1) is 0 Å². The van der Waals surface area contributed by atoms with Crippen molar-refractivity contribution in [2.75, 3.05) is 0 Å². The van der Waals surface area contributed by atoms with E-state index in [4.69, 9.17) is 4.74 Å². The maximum Gasteiger partial charge on any atom is 0.362 e. The third-order valence-corrected chi connectivity index (χ3v) is 4.96. The van der Waals surface area contributed by atoms with Gasteiger partial charge in [-0.05, 0) is 47.9 Å². The summed E-state index contributed by atoms with van der Waals surface area (Å²) in [5.41, 5.74) is 2.70. The Morgan fingerprint density at radius 2 is 1.84 bits per heavy atom. The largest absolute Gasteiger partial charge is 0.421 e. The van der Waals surface area contributed by atoms with E-state index in [1.165, 1.54) is 37.7 Å². The topological polar surface area (TPSA) is 39.2 Å². The van der Waals surface area contributed by atoms with Gasteiger partial charge in [0.2, 0.25) is 0 Å². The van der Waals surface area contributed by atoms with Gasteiger partial charge in [-0.25, -0.2) is 9.78 Å². The molecule has 132 valence electrons. The number of rotatable bonds is 3. The summed E-state index contributed by atoms with van der Waals surface area (Å²) in [5, 5.41) is 0. The van der Waals surface area contributed by atoms with Crippen LogP contribution in [0.3, 0.4) is 0 Å². The number of pyridine rings is 1. The van der Waals surface area contributed by atoms with Gasteiger partial charge in [0.1, 0.15) is 11.4 Å². The van der Waals surface area contributed by atoms with Gasteiger partial charge in [0.15, 0.2) is 0 Å². The minimum atomic E-state index is -0.406. The Hall–Kier alpha value is -2.16. The van der Waals surface area contributed by atoms with Gasteiger partial charge in [-0.2, -0.15) is 0 Å². The zero-order valence-electron chi connectivity index (χ0n) is 15.4. The van der Waals surface area contributed by atoms with E-state index in [-0.39, 0.29) is 5.41 Å². The fourth-order valence-corrected chi connectivity index (χ4v) is 3.55. The lowest BCUT2D eigenvalue weighted by atomic mass is 9.80. The van der Waals surface area contributed by atoms with E-state index >= 15 is 0 Å². The van der Waals surface area contributed by atoms with Crippen LogP contribution in [-0.2, 0) is 5.41 Å². The third-order valence-electron chi connectivity index (χ3n) is 4.96. The first-order chi connectivity index (χ1) is 11.9. The first-order valence-corrected chi connectivity index (χ1v) is 9.23. The highest BCUT2D eigenvalue weighted by molar-refractivity contribution is 5.89. The molecule has 1 fully saturated rings. The number of ether oxygens (including phenoxy) is 1. The molecule has 0 bridgehead atoms. The van der Waals surface area contributed by atoms with Crippen LogP contribution in [0.25, 0.3) is 0 Å². The monoisotopic (exact) mass is 337 g/mol. The molecule has 1 aliphatic carbocycles. The molecule has 3 nitrogen and oxygen atoms in total. The second-order valence-corrected chi connectivity index (χ2v) is 7.95. The molecular formula is C22H27NO2. The summed E-state index contributed by atoms with van der Waals surface area (Å²) in [4.78, 5) is 16.5. The van der Waals surface area contributed by atoms with Crippen LogP contribution in [-0.4, -0.2) is 11.0 Å². The van der Waals surface area contributed by atoms with E-state index in [1.807, 2.05) is 6.07 Å². The summed E-state index contributed by atoms with van der Waals surface area (Å²) >= 11 is 0. The van der Waals surface area contributed by atoms with Crippen molar-refractivity contribution in [2.24, 2.45) is 0 Å². The number of esters is 1. The fraction of sp³-hybridized carbons (Fsp3) is 0.455. The molecule has 1 aromatic carbocycles. The van der Waals surface area contributed by atoms with Crippen molar-refractivity contribution in [3.8, 4) is 5.75 Å². The van der Waals surface area contributed by atoms with Crippen molar-refractivity contribution >= 4 is 5.97 Å². The van der Waals surface area contributed by atoms with Crippen molar-refractivity contribution in [3.63, 3.8) is 0 Å². The molecule has 0 saturated heterocycles. The third kappa shape index (κ3) is 4.28. The standard InChI is InChI=1S/C22H27NO2/c1-22(2,3)18-15-17(16-9-5-4-6-10-16)12-13-20(18)25-21(24)19-11-7-8-14-23-19/h7-8,11-16H,4-6,9-10H2,1-3H3. The lowest BCUT2D eigenvalue weighted by Crippen LogP contribution is -2.18. The molecule has 0 radical (unpaired) electrons. The molecule has 1 aromatic heterocycles. The maximum absolute atomic E-state index is 12.4. The van der Waals surface area contributed by atoms with Crippen LogP contribution >= 0.6 is 0 Å². The summed E-state index contributed by atoms with van der Waals surface area (Å²) in [6.45, 7) is 6.47. The van der Waals surface area contributed by atoms with Crippen LogP contribution in [0.5, 0.6) is 5.75 Å². The van der Waals surface area contributed by atoms with Gasteiger partial charge in [-0.15, -0.1) is 0 Å². The van der Waals surface area contributed by atoms with Crippen LogP contribution in [0.15, 0.2) is 42.6 Å². The van der Waals surface area contributed by atoms with Gasteiger partial charge in [0.05, 0.1) is 0 Å². The average Bonchev–Trinajstić information content (AvgIpc) is 2.62. The van der Waals surface area contributed by atoms with Crippen molar-refractivity contribution < 1.29 is 9.53 Å². The normalized spacial score (nSPS) is 15.8. The van der Waals surface area contributed by atoms with Crippen LogP contribution < -0.4 is 4.74 Å². The molecule has 3 rings (SSSR count). The minimum Gasteiger partial charge on any atom is -0.421 e. The van der Waals surface area contributed by atoms with Crippen molar-refractivity contribution in [2.45, 2.75) is 64.2 Å². The number of carbonyl (C=O) groups excluding carboxylic acids is 1. The van der Waals surface area contributed by atoms with Crippen LogP contribution in [0.1, 0.15) is 80.4 Å². The van der Waals surface area contributed by atoms with Gasteiger partial charge >= 0.3 is 5.97 Å². The Kier molecular flexibility index (Phi) is 5.22. The second-order valence-electron chi connectivity index (χ2n) is 7.95. The van der Waals surface area contributed by atoms with E-state index in [1.54, 1.807) is 24.4 Å². The molecule has 2 aromatic rings. The van der Waals surface area contributed by atoms with E-state index in [9.17, 15) is 4.79 Å². The van der Waals surface area contributed by atoms with Gasteiger partial charge in [0, 0.05) is 11.8 Å². The summed E-state index contributed by atoms with van der Waals surface area (Å²) in [7, 11) is 0. The SMILES string of the molecule is CC(C)(C)c1cc(C2CCCCC2)ccc1OC(=O)c1ccccn1. The minimum absolute atomic E-state index is 0.0929. The summed E-state index contributed by atoms with van der Waals surface area (Å²) < 4.78 is 5.70. The van der Waals surface area contributed by atoms with E-state index in [2.05, 4.69) is 37.9 Å². The Labute approximate surface area is 150 Å². The van der Waals surface area contributed by atoms with Crippen molar-refractivity contribution in [1.82, 2.24) is 4.98 Å². The molecule has 0 atom stereocenters. The fourth-order valence-electron chi connectivity index (χ4n) is 3.55. The molecule has 25 heavy (non-hydrogen) atoms. The highest BCUT2D eigenvalue weighted by Crippen LogP contribution is 2.38. The number of hydrogen-bond acceptors (Lipinski definition) is 3. The zero-order valence-corrected chi connectivity index (χ0v) is 15.4. The molecular weight excluding hydrogens is 310 g/mol. The summed E-state index contributed by atoms with van der Waals surface area (Å²) in [6.07, 6.45) is 8.10. The quantitative estimate of drug-likeness (QED) is 0.537. The summed E-state index contributed by atoms with van der Waals surface area (Å²) in [5.74, 6) is 0.870. The van der Waals surface area contributed by atoms with Gasteiger partial charge in [-0.3, -0.25) is 0 Å². The van der Waals surface area contributed by atoms with E-state index in [0.29, 0.717) is 17.4 Å². The van der Waals surface area contributed by atoms with Gasteiger partial charge in [-0.1, -0.05) is 58.2 Å². The second kappa shape index (κ2) is 7.38. The zero-order chi connectivity index (χ0) is 17.9. The van der Waals surface area contributed by atoms with Crippen LogP contribution in [0.4, 0.5) is 0 Å². The maximum atomic E-state index is 12.4. The highest BCUT2D eigenvalue weighted by atomic mass is 16.5. The first kappa shape index (κ1) is 17.7. The molecule has 1 saturated carbocycles. The number of nitrogens with zero attached hydrogens (tertiary/aromatic N) is 1. The molecule has 0 aliphatic heterocycles. The van der Waals surface area contributed by atoms with Crippen molar-refractivity contribution in [3.05, 3.63) is 59.4 Å². The highest BCUT2D eigenvalue weighted by Gasteiger charge is 2.24. The molecule has 1 heterocycles. The average molecular weight is 337 g/mol. The first-order valence-electron chi connectivity index (χ1n) is 9.23. The molecule has 0 spiro atoms. The summed E-state index contributed by atoms with van der Waals surface area (Å²) in [6, 6.07) is 11.6. The number of carbonyl (C=O) groups is 1. The molecule has 0 unspecified atom stereocenters.